The lowest BCUT2D eigenvalue weighted by Gasteiger charge is -2.23. The number of halogens is 1. The predicted molar refractivity (Wildman–Crippen MR) is 68.8 cm³/mol. The van der Waals surface area contributed by atoms with Gasteiger partial charge in [0.2, 0.25) is 0 Å². The zero-order valence-corrected chi connectivity index (χ0v) is 11.1. The number of benzene rings is 1. The number of esters is 1. The fraction of sp³-hybridized carbons (Fsp3) is 0.500. The van der Waals surface area contributed by atoms with Crippen LogP contribution in [0.15, 0.2) is 24.3 Å². The molecule has 0 radical (unpaired) electrons. The van der Waals surface area contributed by atoms with Crippen molar-refractivity contribution in [2.45, 2.75) is 32.7 Å². The lowest BCUT2D eigenvalue weighted by atomic mass is 10.1. The van der Waals surface area contributed by atoms with Gasteiger partial charge < -0.3 is 10.1 Å². The minimum Gasteiger partial charge on any atom is -0.465 e. The van der Waals surface area contributed by atoms with Crippen molar-refractivity contribution in [1.29, 1.82) is 0 Å². The minimum absolute atomic E-state index is 0.215. The third kappa shape index (κ3) is 4.11. The van der Waals surface area contributed by atoms with E-state index in [1.54, 1.807) is 39.0 Å². The van der Waals surface area contributed by atoms with Crippen LogP contribution in [0.1, 0.15) is 26.3 Å². The van der Waals surface area contributed by atoms with E-state index in [1.807, 2.05) is 0 Å². The van der Waals surface area contributed by atoms with Gasteiger partial charge in [-0.25, -0.2) is 4.39 Å². The van der Waals surface area contributed by atoms with Gasteiger partial charge in [0, 0.05) is 6.54 Å². The number of hydrogen-bond acceptors (Lipinski definition) is 3. The third-order valence-corrected chi connectivity index (χ3v) is 2.70. The maximum absolute atomic E-state index is 13.4. The van der Waals surface area contributed by atoms with Gasteiger partial charge in [0.25, 0.3) is 0 Å². The van der Waals surface area contributed by atoms with E-state index in [0.29, 0.717) is 25.1 Å². The molecule has 0 aliphatic carbocycles. The molecule has 3 nitrogen and oxygen atoms in total. The molecule has 0 amide bonds. The van der Waals surface area contributed by atoms with Crippen LogP contribution in [0, 0.1) is 5.82 Å². The number of rotatable bonds is 6. The Morgan fingerprint density at radius 3 is 2.67 bits per heavy atom. The summed E-state index contributed by atoms with van der Waals surface area (Å²) in [7, 11) is 0. The lowest BCUT2D eigenvalue weighted by Crippen LogP contribution is -2.48. The van der Waals surface area contributed by atoms with E-state index in [-0.39, 0.29) is 11.8 Å². The summed E-state index contributed by atoms with van der Waals surface area (Å²) in [6, 6.07) is 6.64. The van der Waals surface area contributed by atoms with Crippen molar-refractivity contribution in [2.75, 3.05) is 13.2 Å². The van der Waals surface area contributed by atoms with Gasteiger partial charge in [0.1, 0.15) is 11.4 Å². The Balaban J connectivity index is 2.46. The summed E-state index contributed by atoms with van der Waals surface area (Å²) < 4.78 is 18.3. The minimum atomic E-state index is -0.749. The van der Waals surface area contributed by atoms with Crippen LogP contribution in [0.3, 0.4) is 0 Å². The van der Waals surface area contributed by atoms with Crippen molar-refractivity contribution in [3.8, 4) is 0 Å². The molecule has 1 aromatic carbocycles. The highest BCUT2D eigenvalue weighted by molar-refractivity contribution is 5.79. The van der Waals surface area contributed by atoms with Gasteiger partial charge in [-0.15, -0.1) is 0 Å². The molecule has 0 aliphatic heterocycles. The summed E-state index contributed by atoms with van der Waals surface area (Å²) in [4.78, 5) is 11.6. The molecular weight excluding hydrogens is 233 g/mol. The fourth-order valence-corrected chi connectivity index (χ4v) is 1.59. The van der Waals surface area contributed by atoms with Crippen LogP contribution in [0.2, 0.25) is 0 Å². The van der Waals surface area contributed by atoms with Crippen LogP contribution in [-0.2, 0) is 16.0 Å². The highest BCUT2D eigenvalue weighted by atomic mass is 19.1. The second-order valence-corrected chi connectivity index (χ2v) is 4.61. The molecule has 100 valence electrons. The Morgan fingerprint density at radius 2 is 2.06 bits per heavy atom. The first kappa shape index (κ1) is 14.6. The Hall–Kier alpha value is -1.42. The second kappa shape index (κ2) is 6.50. The quantitative estimate of drug-likeness (QED) is 0.791. The SMILES string of the molecule is CCOC(=O)C(C)(C)NCCc1ccccc1F. The molecule has 1 aromatic rings. The highest BCUT2D eigenvalue weighted by Gasteiger charge is 2.27. The number of carbonyl (C=O) groups is 1. The first-order valence-corrected chi connectivity index (χ1v) is 6.13. The monoisotopic (exact) mass is 253 g/mol. The Labute approximate surface area is 107 Å². The van der Waals surface area contributed by atoms with E-state index in [0.717, 1.165) is 0 Å². The molecule has 0 aromatic heterocycles. The molecule has 1 rings (SSSR count). The molecule has 1 N–H and O–H groups in total. The van der Waals surface area contributed by atoms with Gasteiger partial charge in [-0.2, -0.15) is 0 Å². The van der Waals surface area contributed by atoms with Crippen LogP contribution in [0.5, 0.6) is 0 Å². The number of hydrogen-bond donors (Lipinski definition) is 1. The Kier molecular flexibility index (Phi) is 5.28. The summed E-state index contributed by atoms with van der Waals surface area (Å²) in [5, 5.41) is 3.08. The van der Waals surface area contributed by atoms with Gasteiger partial charge in [-0.05, 0) is 38.8 Å². The molecule has 0 saturated heterocycles. The largest absolute Gasteiger partial charge is 0.465 e. The lowest BCUT2D eigenvalue weighted by molar-refractivity contribution is -0.149. The summed E-state index contributed by atoms with van der Waals surface area (Å²) in [6.07, 6.45) is 0.537. The third-order valence-electron chi connectivity index (χ3n) is 2.70. The molecule has 0 unspecified atom stereocenters. The molecule has 0 bridgehead atoms. The first-order chi connectivity index (χ1) is 8.47. The van der Waals surface area contributed by atoms with Crippen LogP contribution >= 0.6 is 0 Å². The zero-order chi connectivity index (χ0) is 13.6. The van der Waals surface area contributed by atoms with Crippen molar-refractivity contribution < 1.29 is 13.9 Å². The van der Waals surface area contributed by atoms with E-state index < -0.39 is 5.54 Å². The van der Waals surface area contributed by atoms with Crippen LogP contribution in [0.4, 0.5) is 4.39 Å². The molecule has 0 saturated carbocycles. The van der Waals surface area contributed by atoms with Crippen LogP contribution in [-0.4, -0.2) is 24.7 Å². The van der Waals surface area contributed by atoms with Crippen LogP contribution < -0.4 is 5.32 Å². The van der Waals surface area contributed by atoms with E-state index in [4.69, 9.17) is 4.74 Å². The average molecular weight is 253 g/mol. The number of ether oxygens (including phenoxy) is 1. The molecule has 0 atom stereocenters. The maximum Gasteiger partial charge on any atom is 0.325 e. The van der Waals surface area contributed by atoms with Gasteiger partial charge >= 0.3 is 5.97 Å². The standard InChI is InChI=1S/C14H20FNO2/c1-4-18-13(17)14(2,3)16-10-9-11-7-5-6-8-12(11)15/h5-8,16H,4,9-10H2,1-3H3. The Bertz CT molecular complexity index is 405. The molecule has 4 heteroatoms. The number of nitrogens with one attached hydrogen (secondary N) is 1. The van der Waals surface area contributed by atoms with Crippen molar-refractivity contribution >= 4 is 5.97 Å². The summed E-state index contributed by atoms with van der Waals surface area (Å²) in [5.41, 5.74) is -0.106. The van der Waals surface area contributed by atoms with Crippen molar-refractivity contribution in [3.63, 3.8) is 0 Å². The predicted octanol–water partition coefficient (Wildman–Crippen LogP) is 2.30. The van der Waals surface area contributed by atoms with Gasteiger partial charge in [-0.1, -0.05) is 18.2 Å². The van der Waals surface area contributed by atoms with Gasteiger partial charge in [0.15, 0.2) is 0 Å². The van der Waals surface area contributed by atoms with Gasteiger partial charge in [-0.3, -0.25) is 4.79 Å². The summed E-state index contributed by atoms with van der Waals surface area (Å²) in [6.45, 7) is 6.16. The fourth-order valence-electron chi connectivity index (χ4n) is 1.59. The average Bonchev–Trinajstić information content (AvgIpc) is 2.32. The number of carbonyl (C=O) groups excluding carboxylic acids is 1. The van der Waals surface area contributed by atoms with E-state index in [1.165, 1.54) is 6.07 Å². The molecule has 0 aliphatic rings. The van der Waals surface area contributed by atoms with Crippen LogP contribution in [0.25, 0.3) is 0 Å². The normalized spacial score (nSPS) is 11.3. The maximum atomic E-state index is 13.4. The first-order valence-electron chi connectivity index (χ1n) is 6.13. The molecule has 18 heavy (non-hydrogen) atoms. The topological polar surface area (TPSA) is 38.3 Å². The van der Waals surface area contributed by atoms with Crippen molar-refractivity contribution in [3.05, 3.63) is 35.6 Å². The molecular formula is C14H20FNO2. The molecule has 0 fully saturated rings. The molecule has 0 heterocycles. The molecule has 0 spiro atoms. The second-order valence-electron chi connectivity index (χ2n) is 4.61. The smallest absolute Gasteiger partial charge is 0.325 e. The summed E-state index contributed by atoms with van der Waals surface area (Å²) in [5.74, 6) is -0.508. The van der Waals surface area contributed by atoms with E-state index in [2.05, 4.69) is 5.32 Å². The highest BCUT2D eigenvalue weighted by Crippen LogP contribution is 2.09. The Morgan fingerprint density at radius 1 is 1.39 bits per heavy atom. The van der Waals surface area contributed by atoms with E-state index in [9.17, 15) is 9.18 Å². The summed E-state index contributed by atoms with van der Waals surface area (Å²) >= 11 is 0. The van der Waals surface area contributed by atoms with Gasteiger partial charge in [0.05, 0.1) is 6.61 Å². The van der Waals surface area contributed by atoms with E-state index >= 15 is 0 Å². The van der Waals surface area contributed by atoms with Crippen molar-refractivity contribution in [1.82, 2.24) is 5.32 Å². The van der Waals surface area contributed by atoms with Crippen molar-refractivity contribution in [2.24, 2.45) is 0 Å². The zero-order valence-electron chi connectivity index (χ0n) is 11.1.